The van der Waals surface area contributed by atoms with E-state index in [-0.39, 0.29) is 0 Å². The van der Waals surface area contributed by atoms with Crippen molar-refractivity contribution in [2.45, 2.75) is 44.0 Å². The van der Waals surface area contributed by atoms with E-state index in [1.54, 1.807) is 23.1 Å². The summed E-state index contributed by atoms with van der Waals surface area (Å²) in [6, 6.07) is 33.4. The van der Waals surface area contributed by atoms with E-state index in [4.69, 9.17) is 6.57 Å². The number of hydrogen-bond acceptors (Lipinski definition) is 12. The summed E-state index contributed by atoms with van der Waals surface area (Å²) in [5.41, 5.74) is 9.68. The lowest BCUT2D eigenvalue weighted by atomic mass is 10.1. The van der Waals surface area contributed by atoms with Crippen LogP contribution in [0.15, 0.2) is 142 Å². The monoisotopic (exact) mass is 835 g/mol. The van der Waals surface area contributed by atoms with Crippen LogP contribution < -0.4 is 24.9 Å². The first-order valence-corrected chi connectivity index (χ1v) is 21.8. The number of rotatable bonds is 18. The van der Waals surface area contributed by atoms with Gasteiger partial charge in [-0.15, -0.1) is 0 Å². The highest BCUT2D eigenvalue weighted by molar-refractivity contribution is 8.03. The first-order chi connectivity index (χ1) is 28.1. The molecule has 57 heavy (non-hydrogen) atoms. The molecule has 0 radical (unpaired) electrons. The molecule has 1 aromatic heterocycles. The molecule has 1 aliphatic heterocycles. The minimum Gasteiger partial charge on any atom is -0.691 e. The molecule has 0 fully saturated rings. The second-order valence-corrected chi connectivity index (χ2v) is 16.8. The van der Waals surface area contributed by atoms with Gasteiger partial charge in [0.25, 0.3) is 5.01 Å². The van der Waals surface area contributed by atoms with Crippen LogP contribution in [0.5, 0.6) is 0 Å². The smallest absolute Gasteiger partial charge is 0.262 e. The predicted octanol–water partition coefficient (Wildman–Crippen LogP) is 9.85. The number of aromatic nitrogens is 1. The molecule has 2 aliphatic rings. The molecule has 0 amide bonds. The molecule has 4 aromatic carbocycles. The number of hydrogen-bond donors (Lipinski definition) is 0. The molecule has 0 unspecified atom stereocenters. The average Bonchev–Trinajstić information content (AvgIpc) is 3.92. The summed E-state index contributed by atoms with van der Waals surface area (Å²) >= 11 is 5.46. The van der Waals surface area contributed by atoms with E-state index in [0.717, 1.165) is 93.6 Å². The Labute approximate surface area is 349 Å². The average molecular weight is 836 g/mol. The third kappa shape index (κ3) is 10.0. The van der Waals surface area contributed by atoms with Gasteiger partial charge in [0.2, 0.25) is 5.52 Å². The number of allylic oxidation sites excluding steroid dienone is 5. The number of para-hydroxylation sites is 2. The van der Waals surface area contributed by atoms with Gasteiger partial charge in [0, 0.05) is 77.0 Å². The molecule has 292 valence electrons. The quantitative estimate of drug-likeness (QED) is 0.0211. The van der Waals surface area contributed by atoms with Crippen molar-refractivity contribution < 1.29 is 33.8 Å². The van der Waals surface area contributed by atoms with Crippen LogP contribution >= 0.6 is 47.2 Å². The van der Waals surface area contributed by atoms with Crippen LogP contribution in [0.4, 0.5) is 22.7 Å². The molecule has 0 saturated heterocycles. The summed E-state index contributed by atoms with van der Waals surface area (Å²) in [5, 5.41) is 29.9. The second kappa shape index (κ2) is 20.4. The maximum absolute atomic E-state index is 10.3. The summed E-state index contributed by atoms with van der Waals surface area (Å²) in [4.78, 5) is 9.61. The zero-order valence-corrected chi connectivity index (χ0v) is 34.3. The van der Waals surface area contributed by atoms with Crippen LogP contribution in [0.2, 0.25) is 0 Å². The minimum absolute atomic E-state index is 0.574. The molecule has 5 aromatic rings. The molecule has 0 bridgehead atoms. The number of nitrogens with zero attached hydrogens (tertiary/aromatic N) is 4. The van der Waals surface area contributed by atoms with Gasteiger partial charge in [-0.25, -0.2) is 4.85 Å². The van der Waals surface area contributed by atoms with Crippen molar-refractivity contribution in [2.24, 2.45) is 0 Å². The van der Waals surface area contributed by atoms with Gasteiger partial charge < -0.3 is 20.3 Å². The fourth-order valence-electron chi connectivity index (χ4n) is 6.98. The molecule has 7 rings (SSSR count). The fraction of sp³-hybridized carbons (Fsp3) is 0.209. The van der Waals surface area contributed by atoms with Gasteiger partial charge >= 0.3 is 0 Å². The Kier molecular flexibility index (Phi) is 14.6. The zero-order valence-electron chi connectivity index (χ0n) is 31.1. The third-order valence-corrected chi connectivity index (χ3v) is 13.0. The van der Waals surface area contributed by atoms with E-state index >= 15 is 0 Å². The van der Waals surface area contributed by atoms with Gasteiger partial charge in [0.15, 0.2) is 12.2 Å². The Balaban J connectivity index is 1.30. The Hall–Kier alpha value is -4.37. The van der Waals surface area contributed by atoms with Crippen molar-refractivity contribution in [2.75, 3.05) is 27.9 Å². The van der Waals surface area contributed by atoms with E-state index in [2.05, 4.69) is 136 Å². The van der Waals surface area contributed by atoms with Crippen molar-refractivity contribution >= 4 is 86.2 Å². The maximum Gasteiger partial charge on any atom is 0.262 e. The third-order valence-electron chi connectivity index (χ3n) is 9.48. The van der Waals surface area contributed by atoms with Crippen LogP contribution in [0.1, 0.15) is 36.3 Å². The van der Waals surface area contributed by atoms with E-state index in [9.17, 15) is 10.5 Å². The summed E-state index contributed by atoms with van der Waals surface area (Å²) in [7, 11) is 0. The Morgan fingerprint density at radius 2 is 1.58 bits per heavy atom. The van der Waals surface area contributed by atoms with Gasteiger partial charge in [-0.3, -0.25) is 10.1 Å². The highest BCUT2D eigenvalue weighted by atomic mass is 32.2. The number of thioether (sulfide) groups is 1. The van der Waals surface area contributed by atoms with Crippen LogP contribution in [-0.2, 0) is 25.3 Å². The summed E-state index contributed by atoms with van der Waals surface area (Å²) < 4.78 is 12.4. The Morgan fingerprint density at radius 1 is 0.860 bits per heavy atom. The Morgan fingerprint density at radius 3 is 2.28 bits per heavy atom. The van der Waals surface area contributed by atoms with Crippen LogP contribution in [0.25, 0.3) is 21.1 Å². The molecular formula is C43H39N4O6S4-. The van der Waals surface area contributed by atoms with E-state index in [0.29, 0.717) is 23.7 Å². The second-order valence-electron chi connectivity index (χ2n) is 13.1. The van der Waals surface area contributed by atoms with E-state index < -0.39 is 0 Å². The first kappa shape index (κ1) is 40.8. The summed E-state index contributed by atoms with van der Waals surface area (Å²) in [5.74, 6) is 1.19. The van der Waals surface area contributed by atoms with Crippen molar-refractivity contribution in [3.05, 3.63) is 159 Å². The zero-order chi connectivity index (χ0) is 39.4. The highest BCUT2D eigenvalue weighted by Crippen LogP contribution is 2.47. The van der Waals surface area contributed by atoms with E-state index in [1.807, 2.05) is 30.3 Å². The summed E-state index contributed by atoms with van der Waals surface area (Å²) in [6.07, 6.45) is 12.2. The SMILES string of the molecule is [C-]#[N+]c1ccc2sc(/C=C/C3=C(N(c4ccccc4)c4ccccc4)C(=C/C=C4\Sc5ccc(C)cc5N4CCCSOO[O-])/CC3)[n+](CCCSOO[O-])c2c1. The largest absolute Gasteiger partial charge is 0.691 e. The number of thiazole rings is 1. The minimum atomic E-state index is 0.574. The number of fused-ring (bicyclic) bond motifs is 2. The Bertz CT molecular complexity index is 2290. The van der Waals surface area contributed by atoms with Crippen LogP contribution in [0.3, 0.4) is 0 Å². The molecular weight excluding hydrogens is 797 g/mol. The van der Waals surface area contributed by atoms with Crippen LogP contribution in [-0.4, -0.2) is 18.1 Å². The van der Waals surface area contributed by atoms with Gasteiger partial charge in [0.05, 0.1) is 23.0 Å². The molecule has 0 saturated carbocycles. The lowest BCUT2D eigenvalue weighted by Gasteiger charge is -2.28. The fourth-order valence-corrected chi connectivity index (χ4v) is 9.83. The standard InChI is InChI=1S/C43H40N4O6S4/c1-31-15-21-39-37(29-31)45(25-9-27-54-52-50-48)41(56-39)23-18-32-16-17-33(43(32)47(35-11-5-3-6-12-35)36-13-7-4-8-14-36)19-24-42-46(26-10-28-55-53-51-49)38-30-34(44-2)20-22-40(38)57-42/h3-8,11-15,18-24,29-30H,9-10,16-17,25-28H2,1H3,(H-,48,49)/p-1. The van der Waals surface area contributed by atoms with E-state index in [1.165, 1.54) is 27.3 Å². The number of anilines is 3. The maximum atomic E-state index is 10.3. The van der Waals surface area contributed by atoms with Crippen molar-refractivity contribution in [1.29, 1.82) is 0 Å². The lowest BCUT2D eigenvalue weighted by molar-refractivity contribution is -0.777. The normalized spacial score (nSPS) is 15.4. The van der Waals surface area contributed by atoms with Crippen LogP contribution in [0, 0.1) is 13.5 Å². The van der Waals surface area contributed by atoms with Crippen molar-refractivity contribution in [3.8, 4) is 0 Å². The van der Waals surface area contributed by atoms with Crippen molar-refractivity contribution in [3.63, 3.8) is 0 Å². The van der Waals surface area contributed by atoms with Gasteiger partial charge in [-0.2, -0.15) is 13.2 Å². The molecule has 10 nitrogen and oxygen atoms in total. The van der Waals surface area contributed by atoms with Crippen molar-refractivity contribution in [1.82, 2.24) is 0 Å². The molecule has 2 heterocycles. The number of aryl methyl sites for hydroxylation is 2. The predicted molar refractivity (Wildman–Crippen MR) is 228 cm³/mol. The highest BCUT2D eigenvalue weighted by Gasteiger charge is 2.28. The topological polar surface area (TPSA) is 97.8 Å². The van der Waals surface area contributed by atoms with Gasteiger partial charge in [-0.1, -0.05) is 77.7 Å². The van der Waals surface area contributed by atoms with Gasteiger partial charge in [-0.05, 0) is 97.5 Å². The molecule has 0 atom stereocenters. The molecule has 1 aliphatic carbocycles. The molecule has 0 spiro atoms. The van der Waals surface area contributed by atoms with Gasteiger partial charge in [0.1, 0.15) is 4.70 Å². The summed E-state index contributed by atoms with van der Waals surface area (Å²) in [6.45, 7) is 11.2. The number of benzene rings is 4. The molecule has 0 N–H and O–H groups in total. The molecule has 14 heteroatoms. The lowest BCUT2D eigenvalue weighted by Crippen LogP contribution is -2.35. The first-order valence-electron chi connectivity index (χ1n) is 18.4.